The Balaban J connectivity index is 2.46. The van der Waals surface area contributed by atoms with E-state index in [-0.39, 0.29) is 11.1 Å². The predicted octanol–water partition coefficient (Wildman–Crippen LogP) is 0.471. The van der Waals surface area contributed by atoms with Gasteiger partial charge in [-0.1, -0.05) is 12.8 Å². The summed E-state index contributed by atoms with van der Waals surface area (Å²) in [5.41, 5.74) is 5.52. The second kappa shape index (κ2) is 3.53. The molecule has 0 unspecified atom stereocenters. The standard InChI is InChI=1S/C10H15N3O/c11-8-10(5-1-2-6-10)13-9(14)4-3-7-12-13/h3-4,7H,1-2,5-6,8,11H2. The summed E-state index contributed by atoms with van der Waals surface area (Å²) >= 11 is 0. The Morgan fingerprint density at radius 2 is 2.21 bits per heavy atom. The van der Waals surface area contributed by atoms with E-state index >= 15 is 0 Å². The highest BCUT2D eigenvalue weighted by Crippen LogP contribution is 2.33. The van der Waals surface area contributed by atoms with E-state index < -0.39 is 0 Å². The third-order valence-corrected chi connectivity index (χ3v) is 3.08. The molecule has 1 fully saturated rings. The van der Waals surface area contributed by atoms with Crippen molar-refractivity contribution in [2.45, 2.75) is 31.2 Å². The molecule has 0 radical (unpaired) electrons. The molecule has 1 aliphatic carbocycles. The summed E-state index contributed by atoms with van der Waals surface area (Å²) < 4.78 is 1.57. The van der Waals surface area contributed by atoms with E-state index in [0.29, 0.717) is 6.54 Å². The third-order valence-electron chi connectivity index (χ3n) is 3.08. The lowest BCUT2D eigenvalue weighted by Gasteiger charge is -2.27. The minimum atomic E-state index is -0.210. The molecule has 2 rings (SSSR count). The monoisotopic (exact) mass is 193 g/mol. The Labute approximate surface area is 82.7 Å². The first-order chi connectivity index (χ1) is 6.78. The van der Waals surface area contributed by atoms with Crippen molar-refractivity contribution >= 4 is 0 Å². The van der Waals surface area contributed by atoms with Crippen LogP contribution in [-0.4, -0.2) is 16.3 Å². The van der Waals surface area contributed by atoms with E-state index in [1.165, 1.54) is 0 Å². The van der Waals surface area contributed by atoms with Crippen LogP contribution in [0.4, 0.5) is 0 Å². The molecule has 4 heteroatoms. The number of aromatic nitrogens is 2. The molecule has 0 bridgehead atoms. The maximum Gasteiger partial charge on any atom is 0.267 e. The summed E-state index contributed by atoms with van der Waals surface area (Å²) in [5.74, 6) is 0. The first-order valence-electron chi connectivity index (χ1n) is 5.03. The maximum atomic E-state index is 11.6. The number of hydrogen-bond donors (Lipinski definition) is 1. The van der Waals surface area contributed by atoms with Gasteiger partial charge in [-0.05, 0) is 18.9 Å². The number of hydrogen-bond acceptors (Lipinski definition) is 3. The Kier molecular flexibility index (Phi) is 2.37. The zero-order valence-electron chi connectivity index (χ0n) is 8.15. The quantitative estimate of drug-likeness (QED) is 0.742. The van der Waals surface area contributed by atoms with E-state index in [1.807, 2.05) is 0 Å². The highest BCUT2D eigenvalue weighted by atomic mass is 16.1. The van der Waals surface area contributed by atoms with Crippen LogP contribution >= 0.6 is 0 Å². The molecule has 1 aliphatic rings. The first-order valence-corrected chi connectivity index (χ1v) is 5.03. The SMILES string of the molecule is NCC1(n2ncccc2=O)CCCC1. The highest BCUT2D eigenvalue weighted by Gasteiger charge is 2.35. The van der Waals surface area contributed by atoms with Gasteiger partial charge in [0.15, 0.2) is 0 Å². The van der Waals surface area contributed by atoms with Crippen LogP contribution in [-0.2, 0) is 5.54 Å². The van der Waals surface area contributed by atoms with Gasteiger partial charge in [-0.15, -0.1) is 0 Å². The first kappa shape index (κ1) is 9.40. The molecule has 1 saturated carbocycles. The summed E-state index contributed by atoms with van der Waals surface area (Å²) in [6.07, 6.45) is 5.87. The lowest BCUT2D eigenvalue weighted by Crippen LogP contribution is -2.45. The molecular weight excluding hydrogens is 178 g/mol. The summed E-state index contributed by atoms with van der Waals surface area (Å²) in [6.45, 7) is 0.504. The average Bonchev–Trinajstić information content (AvgIpc) is 2.68. The van der Waals surface area contributed by atoms with Crippen molar-refractivity contribution in [3.05, 3.63) is 28.7 Å². The Morgan fingerprint density at radius 1 is 1.50 bits per heavy atom. The molecule has 0 aliphatic heterocycles. The van der Waals surface area contributed by atoms with Crippen LogP contribution in [0, 0.1) is 0 Å². The van der Waals surface area contributed by atoms with Crippen LogP contribution in [0.2, 0.25) is 0 Å². The van der Waals surface area contributed by atoms with Gasteiger partial charge in [0, 0.05) is 18.8 Å². The molecule has 0 aromatic carbocycles. The van der Waals surface area contributed by atoms with Gasteiger partial charge in [-0.2, -0.15) is 5.10 Å². The van der Waals surface area contributed by atoms with Crippen molar-refractivity contribution in [1.82, 2.24) is 9.78 Å². The highest BCUT2D eigenvalue weighted by molar-refractivity contribution is 4.95. The summed E-state index contributed by atoms with van der Waals surface area (Å²) in [7, 11) is 0. The van der Waals surface area contributed by atoms with E-state index in [9.17, 15) is 4.79 Å². The smallest absolute Gasteiger partial charge is 0.267 e. The van der Waals surface area contributed by atoms with Crippen molar-refractivity contribution < 1.29 is 0 Å². The third kappa shape index (κ3) is 1.35. The molecule has 2 N–H and O–H groups in total. The molecule has 76 valence electrons. The number of rotatable bonds is 2. The van der Waals surface area contributed by atoms with Crippen molar-refractivity contribution in [3.63, 3.8) is 0 Å². The lowest BCUT2D eigenvalue weighted by atomic mass is 9.98. The minimum Gasteiger partial charge on any atom is -0.328 e. The second-order valence-corrected chi connectivity index (χ2v) is 3.91. The number of nitrogens with zero attached hydrogens (tertiary/aromatic N) is 2. The lowest BCUT2D eigenvalue weighted by molar-refractivity contribution is 0.260. The molecule has 0 saturated heterocycles. The van der Waals surface area contributed by atoms with Crippen LogP contribution in [0.3, 0.4) is 0 Å². The van der Waals surface area contributed by atoms with Gasteiger partial charge < -0.3 is 5.73 Å². The zero-order chi connectivity index (χ0) is 10.0. The van der Waals surface area contributed by atoms with E-state index in [4.69, 9.17) is 5.73 Å². The average molecular weight is 193 g/mol. The Hall–Kier alpha value is -1.16. The van der Waals surface area contributed by atoms with E-state index in [2.05, 4.69) is 5.10 Å². The summed E-state index contributed by atoms with van der Waals surface area (Å²) in [4.78, 5) is 11.6. The summed E-state index contributed by atoms with van der Waals surface area (Å²) in [5, 5.41) is 4.13. The molecule has 4 nitrogen and oxygen atoms in total. The molecule has 0 atom stereocenters. The fourth-order valence-corrected chi connectivity index (χ4v) is 2.25. The molecule has 1 heterocycles. The van der Waals surface area contributed by atoms with Crippen LogP contribution in [0.1, 0.15) is 25.7 Å². The van der Waals surface area contributed by atoms with Crippen LogP contribution in [0.25, 0.3) is 0 Å². The minimum absolute atomic E-state index is 0.0418. The zero-order valence-corrected chi connectivity index (χ0v) is 8.15. The van der Waals surface area contributed by atoms with Crippen molar-refractivity contribution in [2.24, 2.45) is 5.73 Å². The Morgan fingerprint density at radius 3 is 2.79 bits per heavy atom. The fourth-order valence-electron chi connectivity index (χ4n) is 2.25. The molecule has 14 heavy (non-hydrogen) atoms. The van der Waals surface area contributed by atoms with Gasteiger partial charge in [0.1, 0.15) is 0 Å². The molecule has 0 amide bonds. The predicted molar refractivity (Wildman–Crippen MR) is 54.0 cm³/mol. The molecule has 1 aromatic heterocycles. The normalized spacial score (nSPS) is 19.8. The van der Waals surface area contributed by atoms with Gasteiger partial charge >= 0.3 is 0 Å². The topological polar surface area (TPSA) is 60.9 Å². The van der Waals surface area contributed by atoms with E-state index in [1.54, 1.807) is 23.0 Å². The van der Waals surface area contributed by atoms with Gasteiger partial charge in [0.25, 0.3) is 5.56 Å². The number of nitrogens with two attached hydrogens (primary N) is 1. The van der Waals surface area contributed by atoms with Crippen molar-refractivity contribution in [1.29, 1.82) is 0 Å². The molecule has 0 spiro atoms. The van der Waals surface area contributed by atoms with Crippen molar-refractivity contribution in [3.8, 4) is 0 Å². The van der Waals surface area contributed by atoms with Gasteiger partial charge in [-0.25, -0.2) is 4.68 Å². The Bertz CT molecular complexity index is 366. The fraction of sp³-hybridized carbons (Fsp3) is 0.600. The van der Waals surface area contributed by atoms with Gasteiger partial charge in [-0.3, -0.25) is 4.79 Å². The molecular formula is C10H15N3O. The second-order valence-electron chi connectivity index (χ2n) is 3.91. The maximum absolute atomic E-state index is 11.6. The van der Waals surface area contributed by atoms with Crippen LogP contribution in [0.5, 0.6) is 0 Å². The van der Waals surface area contributed by atoms with Crippen LogP contribution in [0.15, 0.2) is 23.1 Å². The molecule has 1 aromatic rings. The summed E-state index contributed by atoms with van der Waals surface area (Å²) in [6, 6.07) is 3.21. The van der Waals surface area contributed by atoms with Gasteiger partial charge in [0.05, 0.1) is 5.54 Å². The van der Waals surface area contributed by atoms with E-state index in [0.717, 1.165) is 25.7 Å². The van der Waals surface area contributed by atoms with Crippen LogP contribution < -0.4 is 11.3 Å². The van der Waals surface area contributed by atoms with Crippen molar-refractivity contribution in [2.75, 3.05) is 6.54 Å². The van der Waals surface area contributed by atoms with Gasteiger partial charge in [0.2, 0.25) is 0 Å². The largest absolute Gasteiger partial charge is 0.328 e.